The summed E-state index contributed by atoms with van der Waals surface area (Å²) in [7, 11) is 1.44. The Balaban J connectivity index is 1.19. The molecule has 2 unspecified atom stereocenters. The maximum Gasteiger partial charge on any atom is 0.457 e. The fourth-order valence-corrected chi connectivity index (χ4v) is 7.55. The first-order valence-electron chi connectivity index (χ1n) is 11.0. The minimum atomic E-state index is -0.429. The normalized spacial score (nSPS) is 49.0. The molecule has 4 saturated carbocycles. The van der Waals surface area contributed by atoms with Crippen molar-refractivity contribution in [3.05, 3.63) is 0 Å². The van der Waals surface area contributed by atoms with E-state index in [1.807, 2.05) is 0 Å². The largest absolute Gasteiger partial charge is 0.468 e. The van der Waals surface area contributed by atoms with Gasteiger partial charge in [0.2, 0.25) is 0 Å². The second kappa shape index (κ2) is 5.96. The highest BCUT2D eigenvalue weighted by molar-refractivity contribution is 6.45. The number of fused-ring (bicyclic) bond motifs is 2. The van der Waals surface area contributed by atoms with E-state index < -0.39 is 5.54 Å². The van der Waals surface area contributed by atoms with E-state index in [1.54, 1.807) is 0 Å². The molecule has 5 nitrogen and oxygen atoms in total. The molecule has 4 aliphatic carbocycles. The smallest absolute Gasteiger partial charge is 0.457 e. The zero-order valence-electron chi connectivity index (χ0n) is 17.3. The van der Waals surface area contributed by atoms with Crippen molar-refractivity contribution in [2.75, 3.05) is 13.7 Å². The van der Waals surface area contributed by atoms with E-state index in [4.69, 9.17) is 14.0 Å². The van der Waals surface area contributed by atoms with Crippen molar-refractivity contribution in [1.29, 1.82) is 0 Å². The van der Waals surface area contributed by atoms with Gasteiger partial charge in [0.25, 0.3) is 0 Å². The van der Waals surface area contributed by atoms with Gasteiger partial charge in [-0.2, -0.15) is 0 Å². The minimum absolute atomic E-state index is 0.0681. The molecule has 6 heteroatoms. The van der Waals surface area contributed by atoms with Gasteiger partial charge < -0.3 is 19.4 Å². The molecule has 150 valence electrons. The summed E-state index contributed by atoms with van der Waals surface area (Å²) in [5.74, 6) is 2.36. The highest BCUT2D eigenvalue weighted by atomic mass is 16.7. The summed E-state index contributed by atoms with van der Waals surface area (Å²) in [6.07, 6.45) is 7.81. The summed E-state index contributed by atoms with van der Waals surface area (Å²) >= 11 is 0. The Hall–Kier alpha value is -0.585. The fourth-order valence-electron chi connectivity index (χ4n) is 7.55. The van der Waals surface area contributed by atoms with Crippen molar-refractivity contribution in [3.63, 3.8) is 0 Å². The lowest BCUT2D eigenvalue weighted by Gasteiger charge is -2.64. The first kappa shape index (κ1) is 18.4. The Morgan fingerprint density at radius 3 is 2.78 bits per heavy atom. The monoisotopic (exact) mass is 375 g/mol. The third-order valence-corrected chi connectivity index (χ3v) is 9.30. The SMILES string of the molecule is COC(=O)[C@]12CCC(CN1)C2CCCB1O[C@@H]2C[C@@H]3C[C@@H](C3(C)C)[C@]2(C)O1. The molecule has 2 heterocycles. The van der Waals surface area contributed by atoms with Gasteiger partial charge in [-0.15, -0.1) is 0 Å². The lowest BCUT2D eigenvalue weighted by molar-refractivity contribution is -0.199. The molecule has 6 fully saturated rings. The van der Waals surface area contributed by atoms with E-state index in [0.717, 1.165) is 50.9 Å². The zero-order valence-corrected chi connectivity index (χ0v) is 17.3. The van der Waals surface area contributed by atoms with Crippen LogP contribution in [-0.4, -0.2) is 44.0 Å². The lowest BCUT2D eigenvalue weighted by Crippen LogP contribution is -2.65. The number of piperidine rings is 1. The van der Waals surface area contributed by atoms with Crippen molar-refractivity contribution in [3.8, 4) is 0 Å². The topological polar surface area (TPSA) is 56.8 Å². The molecule has 1 N–H and O–H groups in total. The van der Waals surface area contributed by atoms with Crippen LogP contribution < -0.4 is 5.32 Å². The number of esters is 1. The van der Waals surface area contributed by atoms with Crippen molar-refractivity contribution >= 4 is 13.1 Å². The first-order valence-corrected chi connectivity index (χ1v) is 11.0. The Labute approximate surface area is 163 Å². The predicted molar refractivity (Wildman–Crippen MR) is 103 cm³/mol. The lowest BCUT2D eigenvalue weighted by atomic mass is 9.43. The molecule has 6 aliphatic rings. The number of hydrogen-bond acceptors (Lipinski definition) is 5. The Bertz CT molecular complexity index is 632. The van der Waals surface area contributed by atoms with Crippen LogP contribution in [0.5, 0.6) is 0 Å². The molecule has 2 saturated heterocycles. The highest BCUT2D eigenvalue weighted by Gasteiger charge is 2.67. The molecular formula is C21H34BNO4. The van der Waals surface area contributed by atoms with Crippen LogP contribution in [0.1, 0.15) is 59.3 Å². The van der Waals surface area contributed by atoms with Gasteiger partial charge in [-0.3, -0.25) is 4.79 Å². The molecule has 27 heavy (non-hydrogen) atoms. The van der Waals surface area contributed by atoms with Gasteiger partial charge in [-0.25, -0.2) is 0 Å². The van der Waals surface area contributed by atoms with E-state index in [1.165, 1.54) is 13.5 Å². The Morgan fingerprint density at radius 1 is 1.30 bits per heavy atom. The van der Waals surface area contributed by atoms with Gasteiger partial charge in [0.1, 0.15) is 5.54 Å². The van der Waals surface area contributed by atoms with Gasteiger partial charge in [0.15, 0.2) is 0 Å². The summed E-state index contributed by atoms with van der Waals surface area (Å²) in [5, 5.41) is 3.48. The number of carbonyl (C=O) groups is 1. The van der Waals surface area contributed by atoms with E-state index in [-0.39, 0.29) is 24.8 Å². The van der Waals surface area contributed by atoms with Crippen LogP contribution in [0.15, 0.2) is 0 Å². The summed E-state index contributed by atoms with van der Waals surface area (Å²) < 4.78 is 18.0. The van der Waals surface area contributed by atoms with Gasteiger partial charge >= 0.3 is 13.1 Å². The molecular weight excluding hydrogens is 341 g/mol. The average Bonchev–Trinajstić information content (AvgIpc) is 3.29. The predicted octanol–water partition coefficient (Wildman–Crippen LogP) is 3.04. The van der Waals surface area contributed by atoms with Gasteiger partial charge in [0.05, 0.1) is 18.8 Å². The summed E-state index contributed by atoms with van der Waals surface area (Å²) in [5.41, 5.74) is -0.142. The minimum Gasteiger partial charge on any atom is -0.468 e. The summed E-state index contributed by atoms with van der Waals surface area (Å²) in [6, 6.07) is 0. The van der Waals surface area contributed by atoms with Crippen LogP contribution in [-0.2, 0) is 18.8 Å². The van der Waals surface area contributed by atoms with Gasteiger partial charge in [-0.05, 0) is 81.0 Å². The van der Waals surface area contributed by atoms with Crippen molar-refractivity contribution in [2.45, 2.75) is 82.9 Å². The van der Waals surface area contributed by atoms with Crippen LogP contribution in [0, 0.1) is 29.1 Å². The van der Waals surface area contributed by atoms with Crippen LogP contribution in [0.3, 0.4) is 0 Å². The van der Waals surface area contributed by atoms with Gasteiger partial charge in [0, 0.05) is 0 Å². The third-order valence-electron chi connectivity index (χ3n) is 9.30. The number of carbonyl (C=O) groups excluding carboxylic acids is 1. The van der Waals surface area contributed by atoms with E-state index in [9.17, 15) is 4.79 Å². The summed E-state index contributed by atoms with van der Waals surface area (Å²) in [6.45, 7) is 8.04. The van der Waals surface area contributed by atoms with Crippen molar-refractivity contribution in [2.24, 2.45) is 29.1 Å². The maximum absolute atomic E-state index is 12.4. The number of rotatable bonds is 5. The second-order valence-electron chi connectivity index (χ2n) is 10.6. The molecule has 0 aromatic rings. The maximum atomic E-state index is 12.4. The summed E-state index contributed by atoms with van der Waals surface area (Å²) in [4.78, 5) is 12.4. The standard InChI is InChI=1S/C21H34BNO4/c1-19(2)14-10-16(19)20(3)17(11-14)26-22(27-20)9-5-6-15-13-7-8-21(15,23-12-13)18(24)25-4/h13-17,23H,5-12H2,1-4H3/t13?,14-,15?,16-,17+,20-,21+/m0/s1. The quantitative estimate of drug-likeness (QED) is 0.591. The van der Waals surface area contributed by atoms with Gasteiger partial charge in [-0.1, -0.05) is 20.3 Å². The molecule has 0 spiro atoms. The Morgan fingerprint density at radius 2 is 2.11 bits per heavy atom. The van der Waals surface area contributed by atoms with Crippen LogP contribution >= 0.6 is 0 Å². The molecule has 2 aliphatic heterocycles. The molecule has 0 amide bonds. The molecule has 0 aromatic heterocycles. The average molecular weight is 375 g/mol. The van der Waals surface area contributed by atoms with Crippen molar-refractivity contribution in [1.82, 2.24) is 5.32 Å². The molecule has 0 aromatic carbocycles. The number of hydrogen-bond donors (Lipinski definition) is 1. The highest BCUT2D eigenvalue weighted by Crippen LogP contribution is 2.65. The van der Waals surface area contributed by atoms with Crippen LogP contribution in [0.2, 0.25) is 6.32 Å². The second-order valence-corrected chi connectivity index (χ2v) is 10.6. The van der Waals surface area contributed by atoms with Crippen LogP contribution in [0.25, 0.3) is 0 Å². The third kappa shape index (κ3) is 2.39. The number of methoxy groups -OCH3 is 1. The van der Waals surface area contributed by atoms with E-state index in [2.05, 4.69) is 26.1 Å². The van der Waals surface area contributed by atoms with E-state index in [0.29, 0.717) is 23.2 Å². The number of ether oxygens (including phenoxy) is 1. The fraction of sp³-hybridized carbons (Fsp3) is 0.952. The Kier molecular flexibility index (Phi) is 4.07. The molecule has 0 radical (unpaired) electrons. The van der Waals surface area contributed by atoms with Crippen molar-refractivity contribution < 1.29 is 18.8 Å². The zero-order chi connectivity index (χ0) is 19.0. The number of nitrogens with one attached hydrogen (secondary N) is 1. The van der Waals surface area contributed by atoms with E-state index >= 15 is 0 Å². The first-order chi connectivity index (χ1) is 12.8. The van der Waals surface area contributed by atoms with Crippen LogP contribution in [0.4, 0.5) is 0 Å². The molecule has 6 rings (SSSR count). The molecule has 4 bridgehead atoms. The molecule has 7 atom stereocenters.